The number of aromatic nitrogens is 2. The molecule has 0 atom stereocenters. The van der Waals surface area contributed by atoms with Crippen molar-refractivity contribution >= 4 is 5.78 Å². The lowest BCUT2D eigenvalue weighted by molar-refractivity contribution is 0.0903. The molecule has 4 nitrogen and oxygen atoms in total. The lowest BCUT2D eigenvalue weighted by Crippen LogP contribution is -2.22. The maximum Gasteiger partial charge on any atom is 0.191 e. The van der Waals surface area contributed by atoms with Gasteiger partial charge in [-0.05, 0) is 11.0 Å². The minimum Gasteiger partial charge on any atom is -0.388 e. The first-order valence-corrected chi connectivity index (χ1v) is 7.53. The largest absolute Gasteiger partial charge is 0.388 e. The Balaban J connectivity index is 0.00000116. The zero-order chi connectivity index (χ0) is 16.6. The van der Waals surface area contributed by atoms with Crippen molar-refractivity contribution in [2.75, 3.05) is 6.61 Å². The Bertz CT molecular complexity index is 578. The van der Waals surface area contributed by atoms with E-state index in [1.165, 1.54) is 18.0 Å². The van der Waals surface area contributed by atoms with Crippen LogP contribution < -0.4 is 0 Å². The molecule has 0 spiro atoms. The molecule has 1 N–H and O–H groups in total. The minimum absolute atomic E-state index is 0.0796. The molecule has 0 aliphatic rings. The molecule has 22 heavy (non-hydrogen) atoms. The molecule has 0 fully saturated rings. The fourth-order valence-electron chi connectivity index (χ4n) is 2.07. The smallest absolute Gasteiger partial charge is 0.191 e. The maximum atomic E-state index is 11.3. The van der Waals surface area contributed by atoms with Crippen LogP contribution in [0.1, 0.15) is 49.4 Å². The van der Waals surface area contributed by atoms with Crippen molar-refractivity contribution in [3.05, 3.63) is 59.7 Å². The SMILES string of the molecule is CC.CC(C)(Cc1ncc(C(=O)CO)cn1)c1ccccc1. The highest BCUT2D eigenvalue weighted by molar-refractivity contribution is 5.96. The van der Waals surface area contributed by atoms with Gasteiger partial charge in [-0.25, -0.2) is 9.97 Å². The van der Waals surface area contributed by atoms with Gasteiger partial charge < -0.3 is 5.11 Å². The summed E-state index contributed by atoms with van der Waals surface area (Å²) in [5.74, 6) is 0.326. The van der Waals surface area contributed by atoms with Crippen LogP contribution in [0.15, 0.2) is 42.7 Å². The normalized spacial score (nSPS) is 10.6. The predicted octanol–water partition coefficient (Wildman–Crippen LogP) is 3.20. The van der Waals surface area contributed by atoms with Gasteiger partial charge in [0.1, 0.15) is 12.4 Å². The Morgan fingerprint density at radius 2 is 1.64 bits per heavy atom. The maximum absolute atomic E-state index is 11.3. The molecule has 0 amide bonds. The highest BCUT2D eigenvalue weighted by Crippen LogP contribution is 2.26. The number of rotatable bonds is 5. The van der Waals surface area contributed by atoms with Gasteiger partial charge in [-0.3, -0.25) is 4.79 Å². The lowest BCUT2D eigenvalue weighted by atomic mass is 9.81. The zero-order valence-electron chi connectivity index (χ0n) is 13.7. The van der Waals surface area contributed by atoms with Crippen LogP contribution in [0.3, 0.4) is 0 Å². The fraction of sp³-hybridized carbons (Fsp3) is 0.389. The van der Waals surface area contributed by atoms with Crippen molar-refractivity contribution in [2.24, 2.45) is 0 Å². The molecule has 0 aliphatic carbocycles. The first-order valence-electron chi connectivity index (χ1n) is 7.53. The molecule has 2 aromatic rings. The Kier molecular flexibility index (Phi) is 6.86. The molecule has 0 unspecified atom stereocenters. The second-order valence-electron chi connectivity index (χ2n) is 5.40. The number of hydrogen-bond donors (Lipinski definition) is 1. The average Bonchev–Trinajstić information content (AvgIpc) is 2.57. The van der Waals surface area contributed by atoms with E-state index < -0.39 is 6.61 Å². The number of Topliss-reactive ketones (excluding diaryl/α,β-unsaturated/α-hetero) is 1. The van der Waals surface area contributed by atoms with Gasteiger partial charge in [-0.2, -0.15) is 0 Å². The summed E-state index contributed by atoms with van der Waals surface area (Å²) in [6, 6.07) is 10.2. The summed E-state index contributed by atoms with van der Waals surface area (Å²) >= 11 is 0. The first-order chi connectivity index (χ1) is 10.5. The molecule has 1 aromatic heterocycles. The van der Waals surface area contributed by atoms with Crippen molar-refractivity contribution in [1.82, 2.24) is 9.97 Å². The van der Waals surface area contributed by atoms with Crippen molar-refractivity contribution in [1.29, 1.82) is 0 Å². The van der Waals surface area contributed by atoms with Crippen LogP contribution in [0.4, 0.5) is 0 Å². The van der Waals surface area contributed by atoms with Gasteiger partial charge in [-0.15, -0.1) is 0 Å². The Morgan fingerprint density at radius 1 is 1.09 bits per heavy atom. The number of aliphatic hydroxyl groups excluding tert-OH is 1. The van der Waals surface area contributed by atoms with Crippen molar-refractivity contribution in [3.8, 4) is 0 Å². The number of benzene rings is 1. The number of hydrogen-bond acceptors (Lipinski definition) is 4. The molecule has 0 radical (unpaired) electrons. The van der Waals surface area contributed by atoms with E-state index in [1.54, 1.807) is 0 Å². The van der Waals surface area contributed by atoms with E-state index in [0.29, 0.717) is 17.8 Å². The third-order valence-electron chi connectivity index (χ3n) is 3.33. The highest BCUT2D eigenvalue weighted by Gasteiger charge is 2.22. The van der Waals surface area contributed by atoms with Crippen LogP contribution in [-0.4, -0.2) is 27.5 Å². The fourth-order valence-corrected chi connectivity index (χ4v) is 2.07. The summed E-state index contributed by atoms with van der Waals surface area (Å²) < 4.78 is 0. The number of ketones is 1. The number of carbonyl (C=O) groups excluding carboxylic acids is 1. The van der Waals surface area contributed by atoms with Crippen molar-refractivity contribution in [3.63, 3.8) is 0 Å². The Hall–Kier alpha value is -2.07. The molecular weight excluding hydrogens is 276 g/mol. The van der Waals surface area contributed by atoms with Gasteiger partial charge in [-0.1, -0.05) is 58.0 Å². The number of carbonyl (C=O) groups is 1. The summed E-state index contributed by atoms with van der Waals surface area (Å²) in [6.07, 6.45) is 3.63. The van der Waals surface area contributed by atoms with Crippen molar-refractivity contribution in [2.45, 2.75) is 39.5 Å². The summed E-state index contributed by atoms with van der Waals surface area (Å²) in [5.41, 5.74) is 1.48. The van der Waals surface area contributed by atoms with Crippen LogP contribution in [0.25, 0.3) is 0 Å². The zero-order valence-corrected chi connectivity index (χ0v) is 13.7. The topological polar surface area (TPSA) is 63.1 Å². The van der Waals surface area contributed by atoms with Crippen LogP contribution in [0.2, 0.25) is 0 Å². The van der Waals surface area contributed by atoms with E-state index in [4.69, 9.17) is 5.11 Å². The molecule has 0 saturated heterocycles. The van der Waals surface area contributed by atoms with Gasteiger partial charge in [0.05, 0.1) is 5.56 Å². The second kappa shape index (κ2) is 8.39. The van der Waals surface area contributed by atoms with E-state index in [0.717, 1.165) is 0 Å². The Morgan fingerprint density at radius 3 is 2.14 bits per heavy atom. The van der Waals surface area contributed by atoms with Gasteiger partial charge in [0.15, 0.2) is 5.78 Å². The molecule has 4 heteroatoms. The standard InChI is InChI=1S/C16H18N2O2.C2H6/c1-16(2,13-6-4-3-5-7-13)8-15-17-9-12(10-18-15)14(20)11-19;1-2/h3-7,9-10,19H,8,11H2,1-2H3;1-2H3. The molecule has 0 saturated carbocycles. The van der Waals surface area contributed by atoms with E-state index in [-0.39, 0.29) is 11.2 Å². The Labute approximate surface area is 132 Å². The predicted molar refractivity (Wildman–Crippen MR) is 88.0 cm³/mol. The highest BCUT2D eigenvalue weighted by atomic mass is 16.3. The number of aliphatic hydroxyl groups is 1. The second-order valence-corrected chi connectivity index (χ2v) is 5.40. The molecule has 2 rings (SSSR count). The molecule has 1 heterocycles. The summed E-state index contributed by atoms with van der Waals surface area (Å²) in [7, 11) is 0. The van der Waals surface area contributed by atoms with Gasteiger partial charge in [0, 0.05) is 18.8 Å². The van der Waals surface area contributed by atoms with E-state index in [9.17, 15) is 4.79 Å². The summed E-state index contributed by atoms with van der Waals surface area (Å²) in [6.45, 7) is 7.76. The van der Waals surface area contributed by atoms with Crippen LogP contribution in [-0.2, 0) is 11.8 Å². The van der Waals surface area contributed by atoms with Gasteiger partial charge in [0.2, 0.25) is 0 Å². The summed E-state index contributed by atoms with van der Waals surface area (Å²) in [5, 5.41) is 8.79. The van der Waals surface area contributed by atoms with Gasteiger partial charge >= 0.3 is 0 Å². The van der Waals surface area contributed by atoms with Gasteiger partial charge in [0.25, 0.3) is 0 Å². The van der Waals surface area contributed by atoms with E-state index in [2.05, 4.69) is 35.9 Å². The molecule has 1 aromatic carbocycles. The molecule has 0 bridgehead atoms. The minimum atomic E-state index is -0.516. The monoisotopic (exact) mass is 300 g/mol. The third kappa shape index (κ3) is 4.74. The van der Waals surface area contributed by atoms with Crippen LogP contribution >= 0.6 is 0 Å². The molecule has 0 aliphatic heterocycles. The quantitative estimate of drug-likeness (QED) is 0.861. The molecule has 118 valence electrons. The summed E-state index contributed by atoms with van der Waals surface area (Å²) in [4.78, 5) is 19.7. The first kappa shape index (κ1) is 18.0. The number of nitrogens with zero attached hydrogens (tertiary/aromatic N) is 2. The van der Waals surface area contributed by atoms with E-state index >= 15 is 0 Å². The average molecular weight is 300 g/mol. The molecular formula is C18H24N2O2. The third-order valence-corrected chi connectivity index (χ3v) is 3.33. The van der Waals surface area contributed by atoms with Crippen LogP contribution in [0, 0.1) is 0 Å². The lowest BCUT2D eigenvalue weighted by Gasteiger charge is -2.24. The van der Waals surface area contributed by atoms with Crippen LogP contribution in [0.5, 0.6) is 0 Å². The van der Waals surface area contributed by atoms with Crippen molar-refractivity contribution < 1.29 is 9.90 Å². The van der Waals surface area contributed by atoms with E-state index in [1.807, 2.05) is 32.0 Å².